The summed E-state index contributed by atoms with van der Waals surface area (Å²) in [7, 11) is 0. The lowest BCUT2D eigenvalue weighted by atomic mass is 9.74. The van der Waals surface area contributed by atoms with Gasteiger partial charge >= 0.3 is 5.97 Å². The molecule has 0 atom stereocenters. The summed E-state index contributed by atoms with van der Waals surface area (Å²) in [6, 6.07) is 1.83. The number of nitrogens with zero attached hydrogens (tertiary/aromatic N) is 2. The van der Waals surface area contributed by atoms with Gasteiger partial charge in [0.1, 0.15) is 12.1 Å². The molecule has 0 saturated heterocycles. The molecule has 1 saturated carbocycles. The second kappa shape index (κ2) is 5.33. The molecular formula is C13H19N3O2. The van der Waals surface area contributed by atoms with Crippen LogP contribution in [-0.4, -0.2) is 27.6 Å². The van der Waals surface area contributed by atoms with Crippen LogP contribution in [0.1, 0.15) is 37.8 Å². The summed E-state index contributed by atoms with van der Waals surface area (Å²) in [5.41, 5.74) is 0.248. The molecule has 18 heavy (non-hydrogen) atoms. The maximum Gasteiger partial charge on any atom is 0.311 e. The SMILES string of the molecule is Cc1cc(NCC2(C(=O)O)CCCCC2)ncn1. The molecule has 0 radical (unpaired) electrons. The maximum atomic E-state index is 11.5. The third-order valence-corrected chi connectivity index (χ3v) is 3.68. The number of nitrogens with one attached hydrogen (secondary N) is 1. The molecule has 0 aliphatic heterocycles. The summed E-state index contributed by atoms with van der Waals surface area (Å²) in [4.78, 5) is 19.6. The van der Waals surface area contributed by atoms with Crippen LogP contribution in [0.3, 0.4) is 0 Å². The molecule has 0 aromatic carbocycles. The number of carboxylic acid groups (broad SMARTS) is 1. The van der Waals surface area contributed by atoms with E-state index >= 15 is 0 Å². The first kappa shape index (κ1) is 12.8. The third kappa shape index (κ3) is 2.78. The fourth-order valence-electron chi connectivity index (χ4n) is 2.51. The quantitative estimate of drug-likeness (QED) is 0.855. The summed E-state index contributed by atoms with van der Waals surface area (Å²) in [6.45, 7) is 2.33. The summed E-state index contributed by atoms with van der Waals surface area (Å²) >= 11 is 0. The van der Waals surface area contributed by atoms with Crippen LogP contribution < -0.4 is 5.32 Å². The Kier molecular flexibility index (Phi) is 3.79. The van der Waals surface area contributed by atoms with Crippen LogP contribution >= 0.6 is 0 Å². The fourth-order valence-corrected chi connectivity index (χ4v) is 2.51. The van der Waals surface area contributed by atoms with E-state index in [9.17, 15) is 9.90 Å². The van der Waals surface area contributed by atoms with Crippen LogP contribution in [0.4, 0.5) is 5.82 Å². The van der Waals surface area contributed by atoms with Gasteiger partial charge in [-0.05, 0) is 19.8 Å². The summed E-state index contributed by atoms with van der Waals surface area (Å²) < 4.78 is 0. The smallest absolute Gasteiger partial charge is 0.311 e. The highest BCUT2D eigenvalue weighted by Gasteiger charge is 2.39. The van der Waals surface area contributed by atoms with E-state index in [0.29, 0.717) is 12.4 Å². The van der Waals surface area contributed by atoms with E-state index in [2.05, 4.69) is 15.3 Å². The van der Waals surface area contributed by atoms with Crippen molar-refractivity contribution in [3.63, 3.8) is 0 Å². The second-order valence-corrected chi connectivity index (χ2v) is 5.04. The van der Waals surface area contributed by atoms with Crippen LogP contribution in [-0.2, 0) is 4.79 Å². The summed E-state index contributed by atoms with van der Waals surface area (Å²) in [5.74, 6) is 0.00850. The molecule has 1 aromatic heterocycles. The molecular weight excluding hydrogens is 230 g/mol. The van der Waals surface area contributed by atoms with Gasteiger partial charge in [-0.25, -0.2) is 9.97 Å². The highest BCUT2D eigenvalue weighted by atomic mass is 16.4. The van der Waals surface area contributed by atoms with Crippen molar-refractivity contribution >= 4 is 11.8 Å². The zero-order chi connectivity index (χ0) is 13.0. The Bertz CT molecular complexity index is 428. The zero-order valence-electron chi connectivity index (χ0n) is 10.6. The van der Waals surface area contributed by atoms with Crippen molar-refractivity contribution in [3.8, 4) is 0 Å². The lowest BCUT2D eigenvalue weighted by Crippen LogP contribution is -2.39. The molecule has 2 N–H and O–H groups in total. The molecule has 1 aliphatic carbocycles. The average Bonchev–Trinajstić information content (AvgIpc) is 2.37. The highest BCUT2D eigenvalue weighted by Crippen LogP contribution is 2.36. The minimum Gasteiger partial charge on any atom is -0.481 e. The Labute approximate surface area is 107 Å². The maximum absolute atomic E-state index is 11.5. The predicted molar refractivity (Wildman–Crippen MR) is 68.4 cm³/mol. The molecule has 1 aromatic rings. The molecule has 98 valence electrons. The lowest BCUT2D eigenvalue weighted by Gasteiger charge is -2.33. The van der Waals surface area contributed by atoms with E-state index in [1.165, 1.54) is 6.33 Å². The molecule has 2 rings (SSSR count). The molecule has 1 aliphatic rings. The van der Waals surface area contributed by atoms with Crippen LogP contribution in [0.25, 0.3) is 0 Å². The number of aromatic nitrogens is 2. The largest absolute Gasteiger partial charge is 0.481 e. The Morgan fingerprint density at radius 1 is 1.39 bits per heavy atom. The molecule has 0 amide bonds. The van der Waals surface area contributed by atoms with E-state index in [-0.39, 0.29) is 0 Å². The van der Waals surface area contributed by atoms with Crippen LogP contribution in [0.5, 0.6) is 0 Å². The molecule has 0 spiro atoms. The topological polar surface area (TPSA) is 75.1 Å². The van der Waals surface area contributed by atoms with Gasteiger partial charge in [0.25, 0.3) is 0 Å². The first-order valence-corrected chi connectivity index (χ1v) is 6.38. The minimum atomic E-state index is -0.694. The van der Waals surface area contributed by atoms with Gasteiger partial charge < -0.3 is 10.4 Å². The first-order chi connectivity index (χ1) is 8.62. The van der Waals surface area contributed by atoms with Crippen LogP contribution in [0.15, 0.2) is 12.4 Å². The highest BCUT2D eigenvalue weighted by molar-refractivity contribution is 5.75. The number of carboxylic acids is 1. The predicted octanol–water partition coefficient (Wildman–Crippen LogP) is 2.23. The van der Waals surface area contributed by atoms with Gasteiger partial charge in [-0.1, -0.05) is 19.3 Å². The number of aliphatic carboxylic acids is 1. The first-order valence-electron chi connectivity index (χ1n) is 6.38. The van der Waals surface area contributed by atoms with E-state index in [1.54, 1.807) is 0 Å². The van der Waals surface area contributed by atoms with Crippen molar-refractivity contribution in [3.05, 3.63) is 18.1 Å². The number of rotatable bonds is 4. The summed E-state index contributed by atoms with van der Waals surface area (Å²) in [6.07, 6.45) is 6.12. The van der Waals surface area contributed by atoms with Crippen molar-refractivity contribution in [1.82, 2.24) is 9.97 Å². The molecule has 1 fully saturated rings. The number of carbonyl (C=O) groups is 1. The number of hydrogen-bond donors (Lipinski definition) is 2. The van der Waals surface area contributed by atoms with Crippen LogP contribution in [0.2, 0.25) is 0 Å². The van der Waals surface area contributed by atoms with Gasteiger partial charge in [0.15, 0.2) is 0 Å². The minimum absolute atomic E-state index is 0.443. The normalized spacial score (nSPS) is 18.3. The Hall–Kier alpha value is -1.65. The van der Waals surface area contributed by atoms with Crippen molar-refractivity contribution in [2.24, 2.45) is 5.41 Å². The summed E-state index contributed by atoms with van der Waals surface area (Å²) in [5, 5.41) is 12.6. The van der Waals surface area contributed by atoms with Crippen molar-refractivity contribution in [1.29, 1.82) is 0 Å². The monoisotopic (exact) mass is 249 g/mol. The number of aryl methyl sites for hydroxylation is 1. The van der Waals surface area contributed by atoms with E-state index < -0.39 is 11.4 Å². The Morgan fingerprint density at radius 2 is 2.11 bits per heavy atom. The van der Waals surface area contributed by atoms with E-state index in [1.807, 2.05) is 13.0 Å². The van der Waals surface area contributed by atoms with Gasteiger partial charge in [0.05, 0.1) is 5.41 Å². The van der Waals surface area contributed by atoms with Crippen molar-refractivity contribution in [2.75, 3.05) is 11.9 Å². The molecule has 0 unspecified atom stereocenters. The molecule has 5 nitrogen and oxygen atoms in total. The van der Waals surface area contributed by atoms with E-state index in [0.717, 1.165) is 37.8 Å². The van der Waals surface area contributed by atoms with Gasteiger partial charge in [0, 0.05) is 18.3 Å². The lowest BCUT2D eigenvalue weighted by molar-refractivity contribution is -0.150. The van der Waals surface area contributed by atoms with Crippen LogP contribution in [0, 0.1) is 12.3 Å². The fraction of sp³-hybridized carbons (Fsp3) is 0.615. The zero-order valence-corrected chi connectivity index (χ0v) is 10.6. The van der Waals surface area contributed by atoms with Gasteiger partial charge in [-0.2, -0.15) is 0 Å². The van der Waals surface area contributed by atoms with Gasteiger partial charge in [-0.15, -0.1) is 0 Å². The van der Waals surface area contributed by atoms with Crippen molar-refractivity contribution in [2.45, 2.75) is 39.0 Å². The number of anilines is 1. The standard InChI is InChI=1S/C13H19N3O2/c1-10-7-11(16-9-15-10)14-8-13(12(17)18)5-3-2-4-6-13/h7,9H,2-6,8H2,1H3,(H,17,18)(H,14,15,16). The Morgan fingerprint density at radius 3 is 2.72 bits per heavy atom. The van der Waals surface area contributed by atoms with Gasteiger partial charge in [-0.3, -0.25) is 4.79 Å². The second-order valence-electron chi connectivity index (χ2n) is 5.04. The molecule has 5 heteroatoms. The van der Waals surface area contributed by atoms with Gasteiger partial charge in [0.2, 0.25) is 0 Å². The number of hydrogen-bond acceptors (Lipinski definition) is 4. The van der Waals surface area contributed by atoms with E-state index in [4.69, 9.17) is 0 Å². The third-order valence-electron chi connectivity index (χ3n) is 3.68. The molecule has 0 bridgehead atoms. The Balaban J connectivity index is 2.04. The van der Waals surface area contributed by atoms with Crippen molar-refractivity contribution < 1.29 is 9.90 Å². The molecule has 1 heterocycles. The average molecular weight is 249 g/mol.